The Morgan fingerprint density at radius 2 is 0.385 bits per heavy atom. The number of rotatable bonds is 0. The number of aliphatic hydroxyl groups excluding tert-OH is 1. The van der Waals surface area contributed by atoms with Crippen LogP contribution in [0.25, 0.3) is 291 Å². The maximum absolute atomic E-state index is 14.0. The highest BCUT2D eigenvalue weighted by Gasteiger charge is 2.72. The van der Waals surface area contributed by atoms with Crippen molar-refractivity contribution in [3.63, 3.8) is 0 Å². The van der Waals surface area contributed by atoms with Crippen molar-refractivity contribution in [2.24, 2.45) is 0 Å². The lowest BCUT2D eigenvalue weighted by atomic mass is 9.44. The van der Waals surface area contributed by atoms with E-state index in [-0.39, 0.29) is 5.41 Å². The summed E-state index contributed by atoms with van der Waals surface area (Å²) < 4.78 is 0. The maximum Gasteiger partial charge on any atom is 0.0871 e. The van der Waals surface area contributed by atoms with Gasteiger partial charge in [0.15, 0.2) is 0 Å². The highest BCUT2D eigenvalue weighted by Crippen LogP contribution is 2.85. The number of aliphatic hydroxyl groups is 1. The van der Waals surface area contributed by atoms with Crippen molar-refractivity contribution < 1.29 is 5.11 Å². The summed E-state index contributed by atoms with van der Waals surface area (Å²) >= 11 is 0. The minimum absolute atomic E-state index is 0.382. The third-order valence-corrected chi connectivity index (χ3v) is 24.8. The lowest BCUT2D eigenvalue weighted by Crippen LogP contribution is -2.59. The molecule has 28 aromatic rings. The van der Waals surface area contributed by atoms with E-state index in [2.05, 4.69) is 12.2 Å². The summed E-state index contributed by atoms with van der Waals surface area (Å²) in [4.78, 5) is 0. The summed E-state index contributed by atoms with van der Waals surface area (Å²) in [6.07, 6.45) is 5.12. The largest absolute Gasteiger partial charge is 0.388 e. The van der Waals surface area contributed by atoms with Crippen LogP contribution in [0.3, 0.4) is 0 Å². The number of allylic oxidation sites excluding steroid dienone is 1. The van der Waals surface area contributed by atoms with Gasteiger partial charge in [-0.25, -0.2) is 0 Å². The first kappa shape index (κ1) is 23.2. The topological polar surface area (TPSA) is 20.2 Å². The van der Waals surface area contributed by atoms with Crippen molar-refractivity contribution >= 4 is 291 Å². The molecular weight excluding hydrogens is 785 g/mol. The van der Waals surface area contributed by atoms with Gasteiger partial charge in [-0.1, -0.05) is 12.2 Å². The van der Waals surface area contributed by atoms with Gasteiger partial charge in [-0.2, -0.15) is 0 Å². The Morgan fingerprint density at radius 1 is 0.231 bits per heavy atom. The van der Waals surface area contributed by atoms with Gasteiger partial charge in [0.2, 0.25) is 0 Å². The van der Waals surface area contributed by atoms with Crippen LogP contribution in [0.15, 0.2) is 12.2 Å². The second-order valence-electron chi connectivity index (χ2n) is 24.5. The van der Waals surface area contributed by atoms with E-state index in [1.807, 2.05) is 0 Å². The first-order chi connectivity index (χ1) is 32.4. The summed E-state index contributed by atoms with van der Waals surface area (Å²) in [5, 5.41) is 101. The molecule has 65 heavy (non-hydrogen) atoms. The maximum atomic E-state index is 14.0. The van der Waals surface area contributed by atoms with E-state index < -0.39 is 11.5 Å². The molecule has 2 spiro atoms. The van der Waals surface area contributed by atoms with Crippen molar-refractivity contribution in [1.29, 1.82) is 0 Å². The molecule has 0 aromatic heterocycles. The normalized spacial score (nSPS) is 24.5. The van der Waals surface area contributed by atoms with Gasteiger partial charge in [-0.05, 0) is 320 Å². The lowest BCUT2D eigenvalue weighted by molar-refractivity contribution is 0.0960. The average molecular weight is 791 g/mol. The fourth-order valence-electron chi connectivity index (χ4n) is 24.9. The molecular formula is C64H6O. The molecule has 0 heterocycles. The first-order valence-corrected chi connectivity index (χ1v) is 24.5. The molecule has 1 nitrogen and oxygen atoms in total. The molecule has 0 aliphatic heterocycles. The van der Waals surface area contributed by atoms with Crippen molar-refractivity contribution in [2.75, 3.05) is 0 Å². The summed E-state index contributed by atoms with van der Waals surface area (Å²) in [6, 6.07) is 0. The van der Waals surface area contributed by atoms with Gasteiger partial charge in [0.25, 0.3) is 0 Å². The summed E-state index contributed by atoms with van der Waals surface area (Å²) in [5.74, 6) is 0. The highest BCUT2D eigenvalue weighted by atomic mass is 16.3. The first-order valence-electron chi connectivity index (χ1n) is 24.5. The van der Waals surface area contributed by atoms with Crippen LogP contribution >= 0.6 is 0 Å². The Kier molecular flexibility index (Phi) is 1.80. The monoisotopic (exact) mass is 790 g/mol. The highest BCUT2D eigenvalue weighted by molar-refractivity contribution is 6.82. The molecule has 268 valence electrons. The molecule has 0 saturated heterocycles. The minimum atomic E-state index is -0.619. The van der Waals surface area contributed by atoms with Crippen LogP contribution in [-0.2, 0) is 10.8 Å². The molecule has 0 fully saturated rings. The lowest BCUT2D eigenvalue weighted by Gasteiger charge is -2.57. The van der Waals surface area contributed by atoms with Crippen LogP contribution in [0.5, 0.6) is 0 Å². The average Bonchev–Trinajstić information content (AvgIpc) is 4.16. The Bertz CT molecular complexity index is 6850. The van der Waals surface area contributed by atoms with Gasteiger partial charge in [0.05, 0.1) is 11.5 Å². The van der Waals surface area contributed by atoms with Crippen LogP contribution in [-0.4, -0.2) is 11.2 Å². The molecule has 1 atom stereocenters. The zero-order chi connectivity index (χ0) is 38.2. The van der Waals surface area contributed by atoms with Crippen LogP contribution in [0.2, 0.25) is 0 Å². The molecule has 5 aliphatic rings. The third-order valence-electron chi connectivity index (χ3n) is 24.8. The van der Waals surface area contributed by atoms with E-state index in [0.717, 1.165) is 6.42 Å². The van der Waals surface area contributed by atoms with Crippen molar-refractivity contribution in [3.05, 3.63) is 34.4 Å². The summed E-state index contributed by atoms with van der Waals surface area (Å²) in [6.45, 7) is 0. The zero-order valence-electron chi connectivity index (χ0n) is 32.9. The summed E-state index contributed by atoms with van der Waals surface area (Å²) in [7, 11) is 0. The van der Waals surface area contributed by atoms with Crippen LogP contribution in [0, 0.1) is 0 Å². The molecule has 33 rings (SSSR count). The molecule has 0 radical (unpaired) electrons. The SMILES string of the molecule is OC1C=CCC23c4c5c6c7c8c9c(c%10c%11c2c2c4c4c%12c5c5c6c6c8c8c%13c9c9c%10c%10c%11c%11c2c2c4c4c%12c%12c5c5c6c8c6c8c%13c9c9c%10c%10c%11c2c2c4c4c%12c5c6c5c8c9c%10c2c45)C713. The van der Waals surface area contributed by atoms with Gasteiger partial charge in [-0.15, -0.1) is 0 Å². The van der Waals surface area contributed by atoms with Gasteiger partial charge in [0, 0.05) is 5.41 Å². The van der Waals surface area contributed by atoms with Crippen molar-refractivity contribution in [3.8, 4) is 0 Å². The van der Waals surface area contributed by atoms with Gasteiger partial charge in [-0.3, -0.25) is 0 Å². The zero-order valence-corrected chi connectivity index (χ0v) is 32.9. The third kappa shape index (κ3) is 1.15. The number of benzene rings is 18. The Labute approximate surface area is 352 Å². The molecule has 1 unspecified atom stereocenters. The van der Waals surface area contributed by atoms with E-state index in [9.17, 15) is 5.11 Å². The molecule has 0 amide bonds. The van der Waals surface area contributed by atoms with E-state index in [1.165, 1.54) is 0 Å². The van der Waals surface area contributed by atoms with Gasteiger partial charge in [0.1, 0.15) is 0 Å². The Hall–Kier alpha value is -7.84. The second-order valence-corrected chi connectivity index (χ2v) is 24.5. The van der Waals surface area contributed by atoms with Crippen LogP contribution in [0.4, 0.5) is 0 Å². The molecule has 0 bridgehead atoms. The standard InChI is InChI=1S/C64H6O/c65-4-2-1-3-63-59-51-43-33-23-15-7-5-6-9-13-11(7)19-27-21(13)31-25-17(9)18-10(6)14-12-8(5)16(15)24-30-20(12)28-22(14)32-26(18)36-35(25)47-41(31)49-39(27)45(37(43)29(19)23)53(59)55(49)61-57(47)58-48(36)42(32)50-40(28)46-38(30)44(34(24)33)52(51)60(63)54(46)56(50)62(58)64(4,61)63/h1-2,4,65H,3H2. The molecule has 28 aromatic carbocycles. The molecule has 1 N–H and O–H groups in total. The predicted octanol–water partition coefficient (Wildman–Crippen LogP) is 16.6. The Morgan fingerprint density at radius 3 is 0.569 bits per heavy atom. The smallest absolute Gasteiger partial charge is 0.0871 e. The fourth-order valence-corrected chi connectivity index (χ4v) is 24.9. The number of hydrogen-bond donors (Lipinski definition) is 1. The predicted molar refractivity (Wildman–Crippen MR) is 274 cm³/mol. The van der Waals surface area contributed by atoms with Gasteiger partial charge < -0.3 is 5.11 Å². The molecule has 0 saturated carbocycles. The van der Waals surface area contributed by atoms with E-state index in [4.69, 9.17) is 0 Å². The molecule has 1 heteroatoms. The summed E-state index contributed by atoms with van der Waals surface area (Å²) in [5.41, 5.74) is 5.44. The van der Waals surface area contributed by atoms with Crippen LogP contribution in [0.1, 0.15) is 28.7 Å². The number of hydrogen-bond acceptors (Lipinski definition) is 1. The molecule has 5 aliphatic carbocycles. The van der Waals surface area contributed by atoms with Crippen LogP contribution < -0.4 is 0 Å². The van der Waals surface area contributed by atoms with Crippen molar-refractivity contribution in [2.45, 2.75) is 23.4 Å². The van der Waals surface area contributed by atoms with E-state index >= 15 is 0 Å². The second kappa shape index (κ2) is 5.04. The van der Waals surface area contributed by atoms with E-state index in [0.29, 0.717) is 0 Å². The quantitative estimate of drug-likeness (QED) is 0.120. The minimum Gasteiger partial charge on any atom is -0.388 e. The fraction of sp³-hybridized carbons (Fsp3) is 0.0625. The van der Waals surface area contributed by atoms with E-state index in [1.54, 1.807) is 313 Å². The van der Waals surface area contributed by atoms with Gasteiger partial charge >= 0.3 is 0 Å². The van der Waals surface area contributed by atoms with Crippen molar-refractivity contribution in [1.82, 2.24) is 0 Å². The Balaban J connectivity index is 1.28.